The Hall–Kier alpha value is -2.88. The number of carbonyl (C=O) groups is 1. The number of benzene rings is 1. The van der Waals surface area contributed by atoms with Crippen LogP contribution in [0.5, 0.6) is 5.88 Å². The van der Waals surface area contributed by atoms with Crippen LogP contribution in [0.3, 0.4) is 0 Å². The van der Waals surface area contributed by atoms with Crippen LogP contribution >= 0.6 is 0 Å². The van der Waals surface area contributed by atoms with Crippen LogP contribution in [0, 0.1) is 6.92 Å². The predicted molar refractivity (Wildman–Crippen MR) is 124 cm³/mol. The lowest BCUT2D eigenvalue weighted by Crippen LogP contribution is -2.42. The molecule has 3 heterocycles. The Bertz CT molecular complexity index is 1140. The minimum atomic E-state index is -3.25. The van der Waals surface area contributed by atoms with Crippen molar-refractivity contribution in [3.05, 3.63) is 35.7 Å². The van der Waals surface area contributed by atoms with Crippen molar-refractivity contribution in [3.63, 3.8) is 0 Å². The molecule has 178 valence electrons. The van der Waals surface area contributed by atoms with E-state index in [4.69, 9.17) is 9.47 Å². The number of rotatable bonds is 5. The zero-order chi connectivity index (χ0) is 23.8. The molecule has 0 saturated carbocycles. The van der Waals surface area contributed by atoms with Crippen molar-refractivity contribution in [1.82, 2.24) is 14.9 Å². The average molecular weight is 475 g/mol. The van der Waals surface area contributed by atoms with Crippen LogP contribution < -0.4 is 9.64 Å². The molecule has 1 saturated heterocycles. The summed E-state index contributed by atoms with van der Waals surface area (Å²) in [6.07, 6.45) is 4.39. The highest BCUT2D eigenvalue weighted by Gasteiger charge is 2.28. The molecule has 2 aliphatic heterocycles. The Morgan fingerprint density at radius 3 is 2.55 bits per heavy atom. The Labute approximate surface area is 194 Å². The van der Waals surface area contributed by atoms with Gasteiger partial charge in [0.15, 0.2) is 9.84 Å². The van der Waals surface area contributed by atoms with Gasteiger partial charge in [0.05, 0.1) is 16.6 Å². The Morgan fingerprint density at radius 1 is 1.15 bits per heavy atom. The Kier molecular flexibility index (Phi) is 6.47. The molecule has 1 aromatic heterocycles. The van der Waals surface area contributed by atoms with Crippen molar-refractivity contribution in [2.24, 2.45) is 0 Å². The van der Waals surface area contributed by atoms with Crippen molar-refractivity contribution in [2.75, 3.05) is 30.8 Å². The van der Waals surface area contributed by atoms with Gasteiger partial charge in [-0.05, 0) is 51.0 Å². The average Bonchev–Trinajstić information content (AvgIpc) is 3.18. The van der Waals surface area contributed by atoms with Gasteiger partial charge < -0.3 is 19.3 Å². The second-order valence-electron chi connectivity index (χ2n) is 8.83. The second-order valence-corrected chi connectivity index (χ2v) is 10.8. The largest absolute Gasteiger partial charge is 0.474 e. The molecule has 0 bridgehead atoms. The minimum absolute atomic E-state index is 0.0438. The first kappa shape index (κ1) is 23.3. The topological polar surface area (TPSA) is 102 Å². The summed E-state index contributed by atoms with van der Waals surface area (Å²) in [5.41, 5.74) is 2.77. The first-order valence-electron chi connectivity index (χ1n) is 11.2. The normalized spacial score (nSPS) is 16.8. The SMILES string of the molecule is Cc1c(OC2CCN(C(=O)OC(C)C)CC2)ncnc1N1CCc2cc(S(C)(=O)=O)ccc21. The number of likely N-dealkylation sites (tertiary alicyclic amines) is 1. The number of hydrogen-bond acceptors (Lipinski definition) is 8. The van der Waals surface area contributed by atoms with E-state index in [1.54, 1.807) is 17.0 Å². The summed E-state index contributed by atoms with van der Waals surface area (Å²) in [6, 6.07) is 5.22. The lowest BCUT2D eigenvalue weighted by Gasteiger charge is -2.32. The molecule has 0 unspecified atom stereocenters. The van der Waals surface area contributed by atoms with Gasteiger partial charge in [0.25, 0.3) is 0 Å². The molecule has 4 rings (SSSR count). The molecule has 1 amide bonds. The summed E-state index contributed by atoms with van der Waals surface area (Å²) in [5.74, 6) is 1.29. The molecule has 2 aliphatic rings. The number of amides is 1. The van der Waals surface area contributed by atoms with Crippen molar-refractivity contribution in [3.8, 4) is 5.88 Å². The maximum Gasteiger partial charge on any atom is 0.410 e. The van der Waals surface area contributed by atoms with Gasteiger partial charge in [0, 0.05) is 44.4 Å². The Balaban J connectivity index is 1.46. The molecule has 9 nitrogen and oxygen atoms in total. The number of anilines is 2. The molecule has 1 fully saturated rings. The smallest absolute Gasteiger partial charge is 0.410 e. The number of aromatic nitrogens is 2. The van der Waals surface area contributed by atoms with Gasteiger partial charge in [-0.1, -0.05) is 0 Å². The highest BCUT2D eigenvalue weighted by Crippen LogP contribution is 2.38. The summed E-state index contributed by atoms with van der Waals surface area (Å²) in [5, 5.41) is 0. The predicted octanol–water partition coefficient (Wildman–Crippen LogP) is 3.27. The monoisotopic (exact) mass is 474 g/mol. The molecule has 0 N–H and O–H groups in total. The van der Waals surface area contributed by atoms with E-state index in [2.05, 4.69) is 14.9 Å². The molecule has 0 atom stereocenters. The third-order valence-electron chi connectivity index (χ3n) is 5.96. The number of ether oxygens (including phenoxy) is 2. The highest BCUT2D eigenvalue weighted by atomic mass is 32.2. The standard InChI is InChI=1S/C23H30N4O5S/c1-15(2)31-23(28)26-10-8-18(9-11-26)32-22-16(3)21(24-14-25-22)27-12-7-17-13-19(33(4,29)30)5-6-20(17)27/h5-6,13-15,18H,7-12H2,1-4H3. The summed E-state index contributed by atoms with van der Waals surface area (Å²) in [7, 11) is -3.25. The van der Waals surface area contributed by atoms with Crippen LogP contribution in [0.4, 0.5) is 16.3 Å². The fourth-order valence-electron chi connectivity index (χ4n) is 4.24. The van der Waals surface area contributed by atoms with E-state index in [1.165, 1.54) is 12.6 Å². The van der Waals surface area contributed by atoms with E-state index in [9.17, 15) is 13.2 Å². The van der Waals surface area contributed by atoms with Gasteiger partial charge in [-0.2, -0.15) is 0 Å². The minimum Gasteiger partial charge on any atom is -0.474 e. The molecule has 33 heavy (non-hydrogen) atoms. The molecule has 1 aromatic carbocycles. The summed E-state index contributed by atoms with van der Waals surface area (Å²) < 4.78 is 35.3. The van der Waals surface area contributed by atoms with Crippen LogP contribution in [-0.2, 0) is 21.0 Å². The molecule has 2 aromatic rings. The van der Waals surface area contributed by atoms with Gasteiger partial charge in [0.2, 0.25) is 5.88 Å². The zero-order valence-corrected chi connectivity index (χ0v) is 20.3. The number of nitrogens with zero attached hydrogens (tertiary/aromatic N) is 4. The molecular weight excluding hydrogens is 444 g/mol. The van der Waals surface area contributed by atoms with E-state index < -0.39 is 9.84 Å². The van der Waals surface area contributed by atoms with Crippen molar-refractivity contribution < 1.29 is 22.7 Å². The maximum atomic E-state index is 12.1. The maximum absolute atomic E-state index is 12.1. The van der Waals surface area contributed by atoms with Crippen LogP contribution in [0.2, 0.25) is 0 Å². The van der Waals surface area contributed by atoms with Crippen LogP contribution in [0.1, 0.15) is 37.8 Å². The van der Waals surface area contributed by atoms with Gasteiger partial charge in [-0.15, -0.1) is 0 Å². The summed E-state index contributed by atoms with van der Waals surface area (Å²) in [6.45, 7) is 7.48. The first-order valence-corrected chi connectivity index (χ1v) is 13.1. The molecule has 0 aliphatic carbocycles. The first-order chi connectivity index (χ1) is 15.6. The molecule has 0 radical (unpaired) electrons. The lowest BCUT2D eigenvalue weighted by molar-refractivity contribution is 0.0505. The van der Waals surface area contributed by atoms with Crippen molar-refractivity contribution in [1.29, 1.82) is 0 Å². The zero-order valence-electron chi connectivity index (χ0n) is 19.4. The van der Waals surface area contributed by atoms with E-state index >= 15 is 0 Å². The third-order valence-corrected chi connectivity index (χ3v) is 7.07. The molecule has 10 heteroatoms. The highest BCUT2D eigenvalue weighted by molar-refractivity contribution is 7.90. The third kappa shape index (κ3) is 5.05. The van der Waals surface area contributed by atoms with E-state index in [0.717, 1.165) is 29.1 Å². The fourth-order valence-corrected chi connectivity index (χ4v) is 4.91. The van der Waals surface area contributed by atoms with E-state index in [-0.39, 0.29) is 18.3 Å². The number of fused-ring (bicyclic) bond motifs is 1. The van der Waals surface area contributed by atoms with Gasteiger partial charge in [-0.25, -0.2) is 23.2 Å². The lowest BCUT2D eigenvalue weighted by atomic mass is 10.1. The summed E-state index contributed by atoms with van der Waals surface area (Å²) >= 11 is 0. The van der Waals surface area contributed by atoms with Crippen molar-refractivity contribution >= 4 is 27.4 Å². The fraction of sp³-hybridized carbons (Fsp3) is 0.522. The van der Waals surface area contributed by atoms with E-state index in [0.29, 0.717) is 43.3 Å². The van der Waals surface area contributed by atoms with Crippen LogP contribution in [0.25, 0.3) is 0 Å². The number of piperidine rings is 1. The van der Waals surface area contributed by atoms with Gasteiger partial charge >= 0.3 is 6.09 Å². The van der Waals surface area contributed by atoms with E-state index in [1.807, 2.05) is 26.8 Å². The van der Waals surface area contributed by atoms with Gasteiger partial charge in [-0.3, -0.25) is 0 Å². The van der Waals surface area contributed by atoms with Gasteiger partial charge in [0.1, 0.15) is 18.2 Å². The van der Waals surface area contributed by atoms with Crippen molar-refractivity contribution in [2.45, 2.75) is 57.1 Å². The Morgan fingerprint density at radius 2 is 1.88 bits per heavy atom. The number of carbonyl (C=O) groups excluding carboxylic acids is 1. The number of hydrogen-bond donors (Lipinski definition) is 0. The quantitative estimate of drug-likeness (QED) is 0.651. The summed E-state index contributed by atoms with van der Waals surface area (Å²) in [4.78, 5) is 25.1. The molecular formula is C23H30N4O5S. The molecule has 0 spiro atoms. The van der Waals surface area contributed by atoms with Crippen LogP contribution in [-0.4, -0.2) is 67.5 Å². The number of sulfone groups is 1. The van der Waals surface area contributed by atoms with Crippen LogP contribution in [0.15, 0.2) is 29.4 Å². The second kappa shape index (κ2) is 9.17.